The highest BCUT2D eigenvalue weighted by atomic mass is 35.5. The van der Waals surface area contributed by atoms with Crippen LogP contribution in [0.4, 0.5) is 0 Å². The Morgan fingerprint density at radius 1 is 1.14 bits per heavy atom. The molecule has 5 atom stereocenters. The van der Waals surface area contributed by atoms with E-state index in [1.54, 1.807) is 23.1 Å². The van der Waals surface area contributed by atoms with Gasteiger partial charge in [0.1, 0.15) is 18.0 Å². The van der Waals surface area contributed by atoms with Gasteiger partial charge in [-0.15, -0.1) is 0 Å². The van der Waals surface area contributed by atoms with Gasteiger partial charge in [-0.05, 0) is 36.3 Å². The van der Waals surface area contributed by atoms with Gasteiger partial charge in [-0.2, -0.15) is 0 Å². The molecule has 8 nitrogen and oxygen atoms in total. The highest BCUT2D eigenvalue weighted by Gasteiger charge is 2.50. The number of aliphatic hydroxyl groups is 2. The molecule has 2 aliphatic heterocycles. The van der Waals surface area contributed by atoms with Crippen LogP contribution in [0.25, 0.3) is 0 Å². The molecule has 3 N–H and O–H groups in total. The van der Waals surface area contributed by atoms with Crippen LogP contribution in [0, 0.1) is 5.92 Å². The maximum Gasteiger partial charge on any atom is 0.247 e. The summed E-state index contributed by atoms with van der Waals surface area (Å²) in [5.41, 5.74) is 2.06. The second-order valence-corrected chi connectivity index (χ2v) is 9.77. The lowest BCUT2D eigenvalue weighted by atomic mass is 9.77. The normalized spacial score (nSPS) is 26.4. The Morgan fingerprint density at radius 2 is 1.92 bits per heavy atom. The average molecular weight is 513 g/mol. The molecule has 2 aromatic rings. The van der Waals surface area contributed by atoms with E-state index in [0.717, 1.165) is 11.1 Å². The fourth-order valence-corrected chi connectivity index (χ4v) is 5.40. The van der Waals surface area contributed by atoms with E-state index in [4.69, 9.17) is 21.1 Å². The van der Waals surface area contributed by atoms with Crippen molar-refractivity contribution in [2.75, 3.05) is 26.4 Å². The van der Waals surface area contributed by atoms with E-state index >= 15 is 0 Å². The Kier molecular flexibility index (Phi) is 7.29. The lowest BCUT2D eigenvalue weighted by Gasteiger charge is -2.41. The van der Waals surface area contributed by atoms with Crippen molar-refractivity contribution in [2.45, 2.75) is 37.1 Å². The van der Waals surface area contributed by atoms with E-state index < -0.39 is 24.2 Å². The summed E-state index contributed by atoms with van der Waals surface area (Å²) in [4.78, 5) is 28.6. The Bertz CT molecular complexity index is 1150. The van der Waals surface area contributed by atoms with Crippen molar-refractivity contribution in [3.63, 3.8) is 0 Å². The molecular formula is C27H29ClN2O6. The van der Waals surface area contributed by atoms with Crippen molar-refractivity contribution in [1.82, 2.24) is 10.2 Å². The number of benzene rings is 2. The number of halogens is 1. The number of nitrogens with zero attached hydrogens (tertiary/aromatic N) is 1. The fourth-order valence-electron chi connectivity index (χ4n) is 5.27. The Morgan fingerprint density at radius 3 is 2.64 bits per heavy atom. The van der Waals surface area contributed by atoms with E-state index in [0.29, 0.717) is 36.0 Å². The molecule has 3 aliphatic rings. The molecule has 5 rings (SSSR count). The number of rotatable bonds is 7. The summed E-state index contributed by atoms with van der Waals surface area (Å²) >= 11 is 6.06. The molecule has 2 heterocycles. The number of nitrogens with one attached hydrogen (secondary N) is 1. The number of hydrogen-bond acceptors (Lipinski definition) is 6. The minimum Gasteiger partial charge on any atom is -0.486 e. The van der Waals surface area contributed by atoms with Gasteiger partial charge < -0.3 is 29.9 Å². The quantitative estimate of drug-likeness (QED) is 0.524. The van der Waals surface area contributed by atoms with E-state index in [-0.39, 0.29) is 37.4 Å². The molecule has 0 bridgehead atoms. The molecule has 0 radical (unpaired) electrons. The van der Waals surface area contributed by atoms with E-state index in [1.807, 2.05) is 36.4 Å². The minimum atomic E-state index is -1.07. The number of ether oxygens (including phenoxy) is 2. The lowest BCUT2D eigenvalue weighted by molar-refractivity contribution is -0.142. The van der Waals surface area contributed by atoms with Crippen molar-refractivity contribution in [3.05, 3.63) is 76.3 Å². The molecule has 0 spiro atoms. The summed E-state index contributed by atoms with van der Waals surface area (Å²) in [6.07, 6.45) is 0.469. The van der Waals surface area contributed by atoms with Crippen LogP contribution in [-0.4, -0.2) is 71.5 Å². The molecular weight excluding hydrogens is 484 g/mol. The fraction of sp³-hybridized carbons (Fsp3) is 0.407. The minimum absolute atomic E-state index is 0.0934. The van der Waals surface area contributed by atoms with Crippen molar-refractivity contribution >= 4 is 23.4 Å². The molecule has 2 aromatic carbocycles. The third-order valence-corrected chi connectivity index (χ3v) is 7.32. The van der Waals surface area contributed by atoms with Gasteiger partial charge in [0, 0.05) is 35.9 Å². The van der Waals surface area contributed by atoms with Gasteiger partial charge >= 0.3 is 0 Å². The van der Waals surface area contributed by atoms with Gasteiger partial charge in [0.05, 0.1) is 31.1 Å². The summed E-state index contributed by atoms with van der Waals surface area (Å²) in [6, 6.07) is 13.8. The largest absolute Gasteiger partial charge is 0.486 e. The first-order valence-electron chi connectivity index (χ1n) is 12.1. The van der Waals surface area contributed by atoms with Crippen LogP contribution in [0.15, 0.2) is 60.2 Å². The van der Waals surface area contributed by atoms with Crippen molar-refractivity contribution in [2.24, 2.45) is 5.92 Å². The topological polar surface area (TPSA) is 108 Å². The van der Waals surface area contributed by atoms with E-state index in [9.17, 15) is 19.8 Å². The summed E-state index contributed by atoms with van der Waals surface area (Å²) in [5.74, 6) is -0.726. The summed E-state index contributed by atoms with van der Waals surface area (Å²) in [6.45, 7) is 0.943. The van der Waals surface area contributed by atoms with Gasteiger partial charge in [0.25, 0.3) is 0 Å². The zero-order chi connectivity index (χ0) is 25.2. The van der Waals surface area contributed by atoms with Crippen LogP contribution < -0.4 is 10.1 Å². The third-order valence-electron chi connectivity index (χ3n) is 7.07. The second-order valence-electron chi connectivity index (χ2n) is 9.33. The molecule has 9 heteroatoms. The second kappa shape index (κ2) is 10.6. The van der Waals surface area contributed by atoms with Crippen LogP contribution >= 0.6 is 11.6 Å². The maximum absolute atomic E-state index is 13.7. The van der Waals surface area contributed by atoms with Crippen LogP contribution in [0.1, 0.15) is 23.5 Å². The number of carbonyl (C=O) groups is 2. The van der Waals surface area contributed by atoms with Gasteiger partial charge in [-0.1, -0.05) is 41.9 Å². The van der Waals surface area contributed by atoms with Crippen LogP contribution in [0.3, 0.4) is 0 Å². The van der Waals surface area contributed by atoms with Crippen molar-refractivity contribution < 1.29 is 29.3 Å². The molecule has 1 fully saturated rings. The first kappa shape index (κ1) is 24.8. The van der Waals surface area contributed by atoms with Gasteiger partial charge in [-0.3, -0.25) is 9.59 Å². The lowest BCUT2D eigenvalue weighted by Crippen LogP contribution is -2.56. The average Bonchev–Trinajstić information content (AvgIpc) is 3.56. The van der Waals surface area contributed by atoms with Gasteiger partial charge in [0.2, 0.25) is 11.8 Å². The molecule has 0 aromatic heterocycles. The van der Waals surface area contributed by atoms with Crippen molar-refractivity contribution in [1.29, 1.82) is 0 Å². The molecule has 36 heavy (non-hydrogen) atoms. The summed E-state index contributed by atoms with van der Waals surface area (Å²) in [7, 11) is 0. The zero-order valence-corrected chi connectivity index (χ0v) is 20.4. The first-order valence-corrected chi connectivity index (χ1v) is 12.5. The predicted molar refractivity (Wildman–Crippen MR) is 133 cm³/mol. The van der Waals surface area contributed by atoms with Gasteiger partial charge in [0.15, 0.2) is 0 Å². The number of amides is 2. The number of hydrogen-bond donors (Lipinski definition) is 3. The third kappa shape index (κ3) is 4.74. The molecule has 190 valence electrons. The molecule has 1 unspecified atom stereocenters. The van der Waals surface area contributed by atoms with Crippen molar-refractivity contribution in [3.8, 4) is 5.75 Å². The number of aliphatic hydroxyl groups excluding tert-OH is 2. The monoisotopic (exact) mass is 512 g/mol. The Labute approximate surface area is 214 Å². The number of para-hydroxylation sites is 1. The highest BCUT2D eigenvalue weighted by Crippen LogP contribution is 2.47. The van der Waals surface area contributed by atoms with Crippen LogP contribution in [-0.2, 0) is 20.9 Å². The standard InChI is InChI=1S/C27H29ClN2O6/c28-18-7-5-16(6-8-18)14-30(27(34)17-9-12-35-15-17)21-13-20(26(33)29-10-11-31)23-19-3-1-2-4-22(19)36-25(23)24(21)32/h1-8,13,17,21,23-25,31-32H,9-12,14-15H2,(H,29,33)/t17?,21-,23+,24+,25+/m1/s1. The molecule has 1 saturated heterocycles. The highest BCUT2D eigenvalue weighted by molar-refractivity contribution is 6.30. The number of carbonyl (C=O) groups excluding carboxylic acids is 2. The molecule has 1 aliphatic carbocycles. The summed E-state index contributed by atoms with van der Waals surface area (Å²) in [5, 5.41) is 24.1. The maximum atomic E-state index is 13.7. The smallest absolute Gasteiger partial charge is 0.247 e. The summed E-state index contributed by atoms with van der Waals surface area (Å²) < 4.78 is 11.6. The Balaban J connectivity index is 1.55. The van der Waals surface area contributed by atoms with Gasteiger partial charge in [-0.25, -0.2) is 0 Å². The molecule has 2 amide bonds. The predicted octanol–water partition coefficient (Wildman–Crippen LogP) is 2.03. The SMILES string of the molecule is O=C(NCCO)C1=C[C@@H](N(Cc2ccc(Cl)cc2)C(=O)C2CCOC2)[C@H](O)[C@H]2Oc3ccccc3[C@@H]12. The first-order chi connectivity index (χ1) is 17.5. The zero-order valence-electron chi connectivity index (χ0n) is 19.7. The number of fused-ring (bicyclic) bond motifs is 3. The van der Waals surface area contributed by atoms with Crippen LogP contribution in [0.5, 0.6) is 5.75 Å². The van der Waals surface area contributed by atoms with Crippen LogP contribution in [0.2, 0.25) is 5.02 Å². The van der Waals surface area contributed by atoms with E-state index in [1.165, 1.54) is 0 Å². The Hall–Kier alpha value is -2.91. The van der Waals surface area contributed by atoms with E-state index in [2.05, 4.69) is 5.32 Å². The molecule has 0 saturated carbocycles.